The van der Waals surface area contributed by atoms with E-state index in [1.165, 1.54) is 82.7 Å². The van der Waals surface area contributed by atoms with Crippen molar-refractivity contribution in [2.45, 2.75) is 78.7 Å². The molecule has 0 bridgehead atoms. The molecule has 1 aliphatic rings. The summed E-state index contributed by atoms with van der Waals surface area (Å²) in [5.74, 6) is 0. The van der Waals surface area contributed by atoms with Gasteiger partial charge in [-0.25, -0.2) is 0 Å². The number of hydrogen-bond acceptors (Lipinski definition) is 1. The molecule has 0 amide bonds. The van der Waals surface area contributed by atoms with E-state index >= 15 is 0 Å². The van der Waals surface area contributed by atoms with E-state index < -0.39 is 0 Å². The molecule has 4 nitrogen and oxygen atoms in total. The van der Waals surface area contributed by atoms with E-state index in [1.807, 2.05) is 0 Å². The molecule has 0 radical (unpaired) electrons. The van der Waals surface area contributed by atoms with Crippen molar-refractivity contribution < 1.29 is 13.6 Å². The second-order valence-corrected chi connectivity index (χ2v) is 18.3. The molecule has 10 aromatic rings. The summed E-state index contributed by atoms with van der Waals surface area (Å²) in [5, 5.41) is 7.33. The lowest BCUT2D eigenvalue weighted by Crippen LogP contribution is -2.58. The molecule has 59 heavy (non-hydrogen) atoms. The van der Waals surface area contributed by atoms with Crippen LogP contribution in [0.1, 0.15) is 70.6 Å². The summed E-state index contributed by atoms with van der Waals surface area (Å²) in [4.78, 5) is 0. The Balaban J connectivity index is 1.28. The SMILES string of the molecule is C=C1CC(CC)(CC)[n+]2ccc(CC(C)(C)C)cc2-c2cc3c4cc5c6ccccc6oc5c5c6ccccc6n(c3cc2CCc2ccccc2-c2cccc[n+]21)c45. The van der Waals surface area contributed by atoms with Crippen LogP contribution in [0.3, 0.4) is 0 Å². The Labute approximate surface area is 346 Å². The van der Waals surface area contributed by atoms with Crippen LogP contribution in [-0.2, 0) is 24.8 Å². The smallest absolute Gasteiger partial charge is 0.218 e. The van der Waals surface area contributed by atoms with Crippen LogP contribution < -0.4 is 9.13 Å². The fourth-order valence-corrected chi connectivity index (χ4v) is 10.7. The number of fused-ring (bicyclic) bond motifs is 16. The van der Waals surface area contributed by atoms with Crippen molar-refractivity contribution in [3.05, 3.63) is 157 Å². The average Bonchev–Trinajstić information content (AvgIpc) is 3.90. The molecule has 5 aromatic heterocycles. The number of rotatable bonds is 3. The zero-order valence-corrected chi connectivity index (χ0v) is 34.9. The first-order chi connectivity index (χ1) is 28.7. The molecule has 290 valence electrons. The Morgan fingerprint density at radius 1 is 0.661 bits per heavy atom. The molecule has 0 N–H and O–H groups in total. The third kappa shape index (κ3) is 5.42. The van der Waals surface area contributed by atoms with Crippen LogP contribution in [0.25, 0.3) is 88.2 Å². The first-order valence-electron chi connectivity index (χ1n) is 21.5. The average molecular weight is 770 g/mol. The summed E-state index contributed by atoms with van der Waals surface area (Å²) < 4.78 is 14.3. The van der Waals surface area contributed by atoms with Crippen molar-refractivity contribution in [1.82, 2.24) is 4.40 Å². The van der Waals surface area contributed by atoms with Gasteiger partial charge in [0.15, 0.2) is 23.6 Å². The van der Waals surface area contributed by atoms with Crippen molar-refractivity contribution in [2.24, 2.45) is 5.41 Å². The van der Waals surface area contributed by atoms with Crippen LogP contribution in [0.2, 0.25) is 0 Å². The van der Waals surface area contributed by atoms with E-state index in [0.717, 1.165) is 60.8 Å². The zero-order chi connectivity index (χ0) is 40.2. The summed E-state index contributed by atoms with van der Waals surface area (Å²) in [6, 6.07) is 45.4. The minimum Gasteiger partial charge on any atom is -0.455 e. The summed E-state index contributed by atoms with van der Waals surface area (Å²) in [6.45, 7) is 16.6. The maximum absolute atomic E-state index is 6.75. The first kappa shape index (κ1) is 35.9. The number of nitrogens with zero attached hydrogens (tertiary/aromatic N) is 3. The molecule has 0 atom stereocenters. The zero-order valence-electron chi connectivity index (χ0n) is 34.9. The highest BCUT2D eigenvalue weighted by molar-refractivity contribution is 6.33. The van der Waals surface area contributed by atoms with Gasteiger partial charge >= 0.3 is 0 Å². The van der Waals surface area contributed by atoms with Gasteiger partial charge in [0, 0.05) is 69.6 Å². The number of aromatic nitrogens is 3. The lowest BCUT2D eigenvalue weighted by Gasteiger charge is -2.28. The van der Waals surface area contributed by atoms with Gasteiger partial charge in [0.25, 0.3) is 0 Å². The Kier molecular flexibility index (Phi) is 7.98. The number of aryl methyl sites for hydroxylation is 2. The standard InChI is InChI=1S/C55H51N3O/c1-7-55(8-2)33-35(3)56-27-16-15-21-46(56)39-18-10-9-17-37(39)24-25-38-30-49-43(31-42(38)48-29-36(26-28-57(48)55)34-54(4,5)6)44-32-45-40-19-12-14-23-50(40)59-53(45)51-41-20-11-13-22-47(41)58(49)52(44)51/h9-23,26-32H,3,7-8,24-25,33-34H2,1-2,4-6H3/q+2. The highest BCUT2D eigenvalue weighted by Gasteiger charge is 2.43. The first-order valence-corrected chi connectivity index (χ1v) is 21.5. The van der Waals surface area contributed by atoms with E-state index in [1.54, 1.807) is 0 Å². The number of para-hydroxylation sites is 2. The predicted molar refractivity (Wildman–Crippen MR) is 245 cm³/mol. The largest absolute Gasteiger partial charge is 0.455 e. The molecule has 0 unspecified atom stereocenters. The van der Waals surface area contributed by atoms with E-state index in [-0.39, 0.29) is 11.0 Å². The van der Waals surface area contributed by atoms with Crippen LogP contribution in [0.4, 0.5) is 0 Å². The molecule has 11 rings (SSSR count). The van der Waals surface area contributed by atoms with Gasteiger partial charge in [-0.3, -0.25) is 0 Å². The van der Waals surface area contributed by atoms with Crippen LogP contribution in [0.5, 0.6) is 0 Å². The highest BCUT2D eigenvalue weighted by atomic mass is 16.3. The molecular formula is C55H51N3O+2. The fourth-order valence-electron chi connectivity index (χ4n) is 10.7. The number of allylic oxidation sites excluding steroid dienone is 1. The van der Waals surface area contributed by atoms with E-state index in [2.05, 4.69) is 182 Å². The summed E-state index contributed by atoms with van der Waals surface area (Å²) in [6.07, 6.45) is 10.2. The predicted octanol–water partition coefficient (Wildman–Crippen LogP) is 13.4. The molecule has 6 heterocycles. The Hall–Kier alpha value is -6.26. The molecule has 0 saturated carbocycles. The van der Waals surface area contributed by atoms with Gasteiger partial charge in [-0.15, -0.1) is 0 Å². The second-order valence-electron chi connectivity index (χ2n) is 18.3. The summed E-state index contributed by atoms with van der Waals surface area (Å²) >= 11 is 0. The van der Waals surface area contributed by atoms with Crippen LogP contribution in [0, 0.1) is 5.41 Å². The minimum atomic E-state index is -0.208. The molecule has 1 aliphatic heterocycles. The number of furan rings is 1. The molecule has 5 aromatic carbocycles. The maximum Gasteiger partial charge on any atom is 0.218 e. The molecule has 0 fully saturated rings. The van der Waals surface area contributed by atoms with Gasteiger partial charge in [-0.2, -0.15) is 9.13 Å². The Morgan fingerprint density at radius 2 is 1.41 bits per heavy atom. The van der Waals surface area contributed by atoms with Gasteiger partial charge in [0.2, 0.25) is 11.4 Å². The summed E-state index contributed by atoms with van der Waals surface area (Å²) in [5.41, 5.74) is 15.8. The van der Waals surface area contributed by atoms with Gasteiger partial charge in [-0.1, -0.05) is 89.2 Å². The minimum absolute atomic E-state index is 0.146. The normalized spacial score (nSPS) is 14.7. The third-order valence-electron chi connectivity index (χ3n) is 13.6. The number of hydrogen-bond donors (Lipinski definition) is 0. The van der Waals surface area contributed by atoms with Crippen molar-refractivity contribution in [1.29, 1.82) is 0 Å². The molecule has 4 heteroatoms. The number of pyridine rings is 2. The maximum atomic E-state index is 6.75. The Morgan fingerprint density at radius 3 is 2.24 bits per heavy atom. The van der Waals surface area contributed by atoms with Gasteiger partial charge in [-0.05, 0) is 90.4 Å². The van der Waals surface area contributed by atoms with Crippen molar-refractivity contribution in [3.63, 3.8) is 0 Å². The van der Waals surface area contributed by atoms with Crippen LogP contribution >= 0.6 is 0 Å². The monoisotopic (exact) mass is 769 g/mol. The van der Waals surface area contributed by atoms with E-state index in [9.17, 15) is 0 Å². The van der Waals surface area contributed by atoms with Crippen molar-refractivity contribution in [2.75, 3.05) is 0 Å². The van der Waals surface area contributed by atoms with Gasteiger partial charge in [0.1, 0.15) is 11.2 Å². The van der Waals surface area contributed by atoms with E-state index in [0.29, 0.717) is 0 Å². The lowest BCUT2D eigenvalue weighted by atomic mass is 9.84. The van der Waals surface area contributed by atoms with Gasteiger partial charge in [0.05, 0.1) is 33.9 Å². The quantitative estimate of drug-likeness (QED) is 0.164. The van der Waals surface area contributed by atoms with Crippen LogP contribution in [-0.4, -0.2) is 4.40 Å². The van der Waals surface area contributed by atoms with Crippen molar-refractivity contribution in [3.8, 4) is 22.5 Å². The lowest BCUT2D eigenvalue weighted by molar-refractivity contribution is -0.758. The Bertz CT molecular complexity index is 3310. The topological polar surface area (TPSA) is 25.3 Å². The molecule has 0 spiro atoms. The molecule has 0 saturated heterocycles. The van der Waals surface area contributed by atoms with E-state index in [4.69, 9.17) is 11.0 Å². The number of benzene rings is 5. The van der Waals surface area contributed by atoms with Crippen molar-refractivity contribution >= 4 is 65.7 Å². The van der Waals surface area contributed by atoms with Crippen LogP contribution in [0.15, 0.2) is 145 Å². The highest BCUT2D eigenvalue weighted by Crippen LogP contribution is 2.47. The van der Waals surface area contributed by atoms with Gasteiger partial charge < -0.3 is 8.82 Å². The second kappa shape index (κ2) is 13.1. The molecular weight excluding hydrogens is 719 g/mol. The third-order valence-corrected chi connectivity index (χ3v) is 13.6. The fraction of sp³-hybridized carbons (Fsp3) is 0.236. The molecule has 0 aliphatic carbocycles. The summed E-state index contributed by atoms with van der Waals surface area (Å²) in [7, 11) is 0.